The van der Waals surface area contributed by atoms with Gasteiger partial charge in [-0.2, -0.15) is 0 Å². The Balaban J connectivity index is 1.58. The lowest BCUT2D eigenvalue weighted by atomic mass is 9.46. The fraction of sp³-hybridized carbons (Fsp3) is 0.652. The fourth-order valence-electron chi connectivity index (χ4n) is 6.93. The van der Waals surface area contributed by atoms with E-state index >= 15 is 0 Å². The summed E-state index contributed by atoms with van der Waals surface area (Å²) < 4.78 is 5.68. The number of phenolic OH excluding ortho intramolecular Hbond substituents is 1. The lowest BCUT2D eigenvalue weighted by Crippen LogP contribution is -2.55. The Morgan fingerprint density at radius 2 is 2.14 bits per heavy atom. The largest absolute Gasteiger partial charge is 0.508 e. The van der Waals surface area contributed by atoms with Crippen molar-refractivity contribution in [1.29, 1.82) is 0 Å². The molecule has 0 amide bonds. The summed E-state index contributed by atoms with van der Waals surface area (Å²) in [6.45, 7) is 4.74. The van der Waals surface area contributed by atoms with E-state index < -0.39 is 0 Å². The van der Waals surface area contributed by atoms with E-state index in [0.717, 1.165) is 37.8 Å². The first kappa shape index (κ1) is 18.2. The minimum atomic E-state index is -0.355. The minimum absolute atomic E-state index is 0.228. The number of hydrogen-bond acceptors (Lipinski definition) is 5. The molecule has 4 aliphatic rings. The average Bonchev–Trinajstić information content (AvgIpc) is 3.25. The van der Waals surface area contributed by atoms with Crippen LogP contribution in [0.15, 0.2) is 23.4 Å². The van der Waals surface area contributed by atoms with E-state index in [2.05, 4.69) is 18.1 Å². The first-order valence-corrected chi connectivity index (χ1v) is 10.7. The number of carbonyl (C=O) groups excluding carboxylic acids is 1. The molecule has 0 saturated heterocycles. The number of hydrogen-bond donors (Lipinski definition) is 1. The van der Waals surface area contributed by atoms with Gasteiger partial charge in [0.05, 0.1) is 12.1 Å². The minimum Gasteiger partial charge on any atom is -0.508 e. The van der Waals surface area contributed by atoms with Crippen molar-refractivity contribution in [3.63, 3.8) is 0 Å². The monoisotopic (exact) mass is 383 g/mol. The van der Waals surface area contributed by atoms with Crippen molar-refractivity contribution in [3.05, 3.63) is 29.3 Å². The molecule has 0 aromatic heterocycles. The summed E-state index contributed by atoms with van der Waals surface area (Å²) in [6.07, 6.45) is 5.76. The highest BCUT2D eigenvalue weighted by Crippen LogP contribution is 2.68. The molecule has 150 valence electrons. The maximum Gasteiger partial charge on any atom is 0.232 e. The average molecular weight is 383 g/mol. The Kier molecular flexibility index (Phi) is 4.10. The molecular weight excluding hydrogens is 354 g/mol. The quantitative estimate of drug-likeness (QED) is 0.844. The predicted molar refractivity (Wildman–Crippen MR) is 105 cm³/mol. The van der Waals surface area contributed by atoms with E-state index in [9.17, 15) is 9.90 Å². The predicted octanol–water partition coefficient (Wildman–Crippen LogP) is 4.33. The smallest absolute Gasteiger partial charge is 0.232 e. The number of nitrogens with zero attached hydrogens (tertiary/aromatic N) is 1. The number of aryl methyl sites for hydroxylation is 1. The van der Waals surface area contributed by atoms with Gasteiger partial charge in [0, 0.05) is 23.9 Å². The molecule has 5 atom stereocenters. The third kappa shape index (κ3) is 2.28. The molecule has 5 nitrogen and oxygen atoms in total. The van der Waals surface area contributed by atoms with Crippen LogP contribution in [0.2, 0.25) is 0 Å². The molecule has 0 radical (unpaired) electrons. The topological polar surface area (TPSA) is 68.1 Å². The molecule has 1 unspecified atom stereocenters. The number of fused-ring (bicyclic) bond motifs is 5. The van der Waals surface area contributed by atoms with Gasteiger partial charge in [-0.15, -0.1) is 0 Å². The van der Waals surface area contributed by atoms with E-state index in [1.165, 1.54) is 11.1 Å². The van der Waals surface area contributed by atoms with Crippen molar-refractivity contribution < 1.29 is 19.5 Å². The molecule has 3 aliphatic carbocycles. The van der Waals surface area contributed by atoms with E-state index in [0.29, 0.717) is 42.8 Å². The molecule has 5 rings (SSSR count). The normalized spacial score (nSPS) is 39.0. The fourth-order valence-corrected chi connectivity index (χ4v) is 6.93. The highest BCUT2D eigenvalue weighted by Gasteiger charge is 2.67. The Morgan fingerprint density at radius 3 is 2.96 bits per heavy atom. The molecule has 1 heterocycles. The lowest BCUT2D eigenvalue weighted by molar-refractivity contribution is -0.131. The van der Waals surface area contributed by atoms with Gasteiger partial charge in [0.15, 0.2) is 0 Å². The summed E-state index contributed by atoms with van der Waals surface area (Å²) in [4.78, 5) is 18.7. The lowest BCUT2D eigenvalue weighted by Gasteiger charge is -2.56. The Labute approximate surface area is 166 Å². The second-order valence-electron chi connectivity index (χ2n) is 9.13. The molecule has 1 aliphatic heterocycles. The number of oxime groups is 1. The Hall–Kier alpha value is -1.88. The van der Waals surface area contributed by atoms with Crippen LogP contribution in [0.25, 0.3) is 0 Å². The molecular formula is C23H29NO4. The summed E-state index contributed by atoms with van der Waals surface area (Å²) in [6, 6.07) is 5.83. The Morgan fingerprint density at radius 1 is 1.29 bits per heavy atom. The molecule has 2 saturated carbocycles. The van der Waals surface area contributed by atoms with Crippen LogP contribution in [0.3, 0.4) is 0 Å². The molecule has 2 fully saturated rings. The summed E-state index contributed by atoms with van der Waals surface area (Å²) in [5.74, 6) is 1.54. The van der Waals surface area contributed by atoms with Crippen LogP contribution in [0.4, 0.5) is 0 Å². The van der Waals surface area contributed by atoms with Gasteiger partial charge in [-0.1, -0.05) is 18.1 Å². The zero-order valence-electron chi connectivity index (χ0n) is 16.7. The summed E-state index contributed by atoms with van der Waals surface area (Å²) in [5, 5.41) is 14.5. The van der Waals surface area contributed by atoms with Crippen LogP contribution < -0.4 is 0 Å². The van der Waals surface area contributed by atoms with Crippen LogP contribution in [0.5, 0.6) is 5.75 Å². The summed E-state index contributed by atoms with van der Waals surface area (Å²) in [5.41, 5.74) is 3.09. The van der Waals surface area contributed by atoms with Crippen LogP contribution in [0.1, 0.15) is 69.4 Å². The van der Waals surface area contributed by atoms with Crippen molar-refractivity contribution in [2.24, 2.45) is 21.9 Å². The van der Waals surface area contributed by atoms with Crippen LogP contribution in [-0.2, 0) is 20.8 Å². The maximum atomic E-state index is 13.1. The summed E-state index contributed by atoms with van der Waals surface area (Å²) >= 11 is 0. The first-order chi connectivity index (χ1) is 13.5. The molecule has 1 N–H and O–H groups in total. The van der Waals surface area contributed by atoms with Crippen molar-refractivity contribution >= 4 is 11.5 Å². The Bertz CT molecular complexity index is 849. The number of ether oxygens (including phenoxy) is 1. The van der Waals surface area contributed by atoms with Gasteiger partial charge < -0.3 is 14.7 Å². The third-order valence-electron chi connectivity index (χ3n) is 8.18. The number of benzene rings is 1. The van der Waals surface area contributed by atoms with Gasteiger partial charge in [-0.25, -0.2) is 0 Å². The second kappa shape index (κ2) is 6.31. The standard InChI is InChI=1S/C23H29NO4/c1-3-27-21-13-19(24-28-21)23-11-9-20(26)22(23,2)10-8-17-16-6-5-15(25)12-14(16)4-7-18(17)23/h5-6,12,17-18,21,25H,3-4,7-11,13H2,1-2H3/t17-,18-,21?,22-,23-/m1/s1. The van der Waals surface area contributed by atoms with E-state index in [-0.39, 0.29) is 17.1 Å². The number of Topliss-reactive ketones (excluding diaryl/α,β-unsaturated/α-hetero) is 1. The molecule has 1 aromatic rings. The van der Waals surface area contributed by atoms with Crippen molar-refractivity contribution in [2.45, 2.75) is 71.0 Å². The molecule has 1 aromatic carbocycles. The van der Waals surface area contributed by atoms with Crippen molar-refractivity contribution in [3.8, 4) is 5.75 Å². The number of aromatic hydroxyl groups is 1. The van der Waals surface area contributed by atoms with E-state index in [1.807, 2.05) is 19.1 Å². The highest BCUT2D eigenvalue weighted by molar-refractivity contribution is 6.02. The molecule has 5 heteroatoms. The number of carbonyl (C=O) groups is 1. The van der Waals surface area contributed by atoms with Crippen molar-refractivity contribution in [2.75, 3.05) is 6.61 Å². The second-order valence-corrected chi connectivity index (χ2v) is 9.13. The van der Waals surface area contributed by atoms with Crippen LogP contribution >= 0.6 is 0 Å². The molecule has 28 heavy (non-hydrogen) atoms. The van der Waals surface area contributed by atoms with E-state index in [1.54, 1.807) is 0 Å². The SMILES string of the molecule is CCOC1CC([C@]23CCC(=O)[C@@]2(C)CC[C@@H]2c4ccc(O)cc4CC[C@H]23)=NO1. The zero-order valence-corrected chi connectivity index (χ0v) is 16.7. The van der Waals surface area contributed by atoms with E-state index in [4.69, 9.17) is 9.57 Å². The molecule has 0 spiro atoms. The van der Waals surface area contributed by atoms with Gasteiger partial charge in [-0.3, -0.25) is 4.79 Å². The van der Waals surface area contributed by atoms with Crippen LogP contribution in [0, 0.1) is 16.7 Å². The number of ketones is 1. The van der Waals surface area contributed by atoms with Gasteiger partial charge in [0.1, 0.15) is 11.5 Å². The van der Waals surface area contributed by atoms with Gasteiger partial charge in [-0.05, 0) is 74.1 Å². The molecule has 0 bridgehead atoms. The van der Waals surface area contributed by atoms with Crippen molar-refractivity contribution in [1.82, 2.24) is 0 Å². The zero-order chi connectivity index (χ0) is 19.5. The first-order valence-electron chi connectivity index (χ1n) is 10.7. The summed E-state index contributed by atoms with van der Waals surface area (Å²) in [7, 11) is 0. The van der Waals surface area contributed by atoms with Gasteiger partial charge in [0.25, 0.3) is 0 Å². The van der Waals surface area contributed by atoms with Gasteiger partial charge in [0.2, 0.25) is 6.29 Å². The third-order valence-corrected chi connectivity index (χ3v) is 8.18. The number of rotatable bonds is 3. The number of phenols is 1. The maximum absolute atomic E-state index is 13.1. The highest BCUT2D eigenvalue weighted by atomic mass is 16.8. The van der Waals surface area contributed by atoms with Gasteiger partial charge >= 0.3 is 0 Å². The van der Waals surface area contributed by atoms with Crippen LogP contribution in [-0.4, -0.2) is 29.5 Å².